The summed E-state index contributed by atoms with van der Waals surface area (Å²) in [5.74, 6) is -0.261. The Labute approximate surface area is 78.9 Å². The lowest BCUT2D eigenvalue weighted by Crippen LogP contribution is -2.31. The summed E-state index contributed by atoms with van der Waals surface area (Å²) in [6.07, 6.45) is 3.54. The number of rotatable bonds is 3. The zero-order valence-electron chi connectivity index (χ0n) is 7.79. The zero-order valence-corrected chi connectivity index (χ0v) is 8.61. The van der Waals surface area contributed by atoms with E-state index in [9.17, 15) is 12.3 Å². The van der Waals surface area contributed by atoms with Gasteiger partial charge in [-0.25, -0.2) is 0 Å². The van der Waals surface area contributed by atoms with Crippen molar-refractivity contribution in [1.82, 2.24) is 5.32 Å². The summed E-state index contributed by atoms with van der Waals surface area (Å²) < 4.78 is 33.0. The highest BCUT2D eigenvalue weighted by molar-refractivity contribution is 7.86. The maximum atomic E-state index is 12.3. The van der Waals surface area contributed by atoms with Gasteiger partial charge in [0.15, 0.2) is 0 Å². The second kappa shape index (κ2) is 4.37. The van der Waals surface area contributed by atoms with Crippen LogP contribution in [0.3, 0.4) is 0 Å². The van der Waals surface area contributed by atoms with E-state index in [-0.39, 0.29) is 11.7 Å². The molecule has 1 fully saturated rings. The molecule has 5 heteroatoms. The van der Waals surface area contributed by atoms with Gasteiger partial charge in [-0.05, 0) is 38.6 Å². The van der Waals surface area contributed by atoms with E-state index < -0.39 is 10.2 Å². The Kier molecular flexibility index (Phi) is 3.67. The summed E-state index contributed by atoms with van der Waals surface area (Å²) in [5.41, 5.74) is 0. The number of hydrogen-bond acceptors (Lipinski definition) is 3. The van der Waals surface area contributed by atoms with Gasteiger partial charge in [-0.2, -0.15) is 8.42 Å². The quantitative estimate of drug-likeness (QED) is 0.707. The van der Waals surface area contributed by atoms with E-state index >= 15 is 0 Å². The monoisotopic (exact) mass is 209 g/mol. The molecule has 0 aromatic carbocycles. The first kappa shape index (κ1) is 10.9. The molecule has 0 heterocycles. The van der Waals surface area contributed by atoms with Crippen LogP contribution in [0.25, 0.3) is 0 Å². The van der Waals surface area contributed by atoms with Crippen LogP contribution in [-0.2, 0) is 10.2 Å². The fraction of sp³-hybridized carbons (Fsp3) is 1.00. The Balaban J connectivity index is 2.33. The first-order valence-electron chi connectivity index (χ1n) is 4.61. The molecule has 0 aromatic heterocycles. The van der Waals surface area contributed by atoms with E-state index in [4.69, 9.17) is 0 Å². The Hall–Kier alpha value is -0.160. The summed E-state index contributed by atoms with van der Waals surface area (Å²) in [6.45, 7) is 0. The molecule has 0 atom stereocenters. The first-order valence-corrected chi connectivity index (χ1v) is 6.16. The molecule has 0 radical (unpaired) electrons. The number of halogens is 1. The average molecular weight is 209 g/mol. The maximum absolute atomic E-state index is 12.3. The van der Waals surface area contributed by atoms with Gasteiger partial charge >= 0.3 is 10.2 Å². The van der Waals surface area contributed by atoms with Crippen LogP contribution in [-0.4, -0.2) is 27.3 Å². The van der Waals surface area contributed by atoms with Crippen LogP contribution in [0.2, 0.25) is 0 Å². The zero-order chi connectivity index (χ0) is 9.90. The van der Waals surface area contributed by atoms with Crippen LogP contribution in [0.1, 0.15) is 25.7 Å². The van der Waals surface area contributed by atoms with E-state index in [1.165, 1.54) is 0 Å². The maximum Gasteiger partial charge on any atom is 0.302 e. The molecule has 0 unspecified atom stereocenters. The highest BCUT2D eigenvalue weighted by Gasteiger charge is 2.24. The molecule has 0 amide bonds. The Morgan fingerprint density at radius 2 is 1.85 bits per heavy atom. The lowest BCUT2D eigenvalue weighted by molar-refractivity contribution is 0.318. The topological polar surface area (TPSA) is 46.2 Å². The van der Waals surface area contributed by atoms with Gasteiger partial charge in [-0.3, -0.25) is 0 Å². The van der Waals surface area contributed by atoms with E-state index in [1.54, 1.807) is 0 Å². The van der Waals surface area contributed by atoms with Crippen molar-refractivity contribution in [1.29, 1.82) is 0 Å². The van der Waals surface area contributed by atoms with Gasteiger partial charge in [0.05, 0.1) is 5.75 Å². The van der Waals surface area contributed by atoms with Gasteiger partial charge in [-0.1, -0.05) is 0 Å². The van der Waals surface area contributed by atoms with Gasteiger partial charge in [0.1, 0.15) is 0 Å². The lowest BCUT2D eigenvalue weighted by Gasteiger charge is -2.26. The van der Waals surface area contributed by atoms with Crippen molar-refractivity contribution in [3.8, 4) is 0 Å². The highest BCUT2D eigenvalue weighted by Crippen LogP contribution is 2.25. The molecule has 0 aliphatic heterocycles. The Morgan fingerprint density at radius 3 is 2.23 bits per heavy atom. The fourth-order valence-corrected chi connectivity index (χ4v) is 2.80. The molecule has 1 saturated carbocycles. The van der Waals surface area contributed by atoms with E-state index in [1.807, 2.05) is 7.05 Å². The third kappa shape index (κ3) is 4.04. The minimum atomic E-state index is -4.27. The first-order chi connectivity index (χ1) is 6.01. The van der Waals surface area contributed by atoms with Gasteiger partial charge < -0.3 is 5.32 Å². The van der Waals surface area contributed by atoms with E-state index in [2.05, 4.69) is 5.32 Å². The summed E-state index contributed by atoms with van der Waals surface area (Å²) in [7, 11) is -2.37. The second-order valence-electron chi connectivity index (χ2n) is 3.71. The smallest absolute Gasteiger partial charge is 0.302 e. The molecule has 78 valence electrons. The van der Waals surface area contributed by atoms with Crippen molar-refractivity contribution in [3.63, 3.8) is 0 Å². The minimum absolute atomic E-state index is 0.0274. The Morgan fingerprint density at radius 1 is 1.31 bits per heavy atom. The SMILES string of the molecule is CNC1CCC(CS(=O)(=O)F)CC1. The molecule has 13 heavy (non-hydrogen) atoms. The third-order valence-electron chi connectivity index (χ3n) is 2.69. The van der Waals surface area contributed by atoms with Crippen LogP contribution < -0.4 is 5.32 Å². The third-order valence-corrected chi connectivity index (χ3v) is 3.56. The fourth-order valence-electron chi connectivity index (χ4n) is 1.90. The number of hydrogen-bond donors (Lipinski definition) is 1. The molecule has 1 rings (SSSR count). The molecular formula is C8H16FNO2S. The average Bonchev–Trinajstić information content (AvgIpc) is 2.03. The van der Waals surface area contributed by atoms with Crippen LogP contribution in [0.4, 0.5) is 3.89 Å². The standard InChI is InChI=1S/C8H16FNO2S/c1-10-8-4-2-7(3-5-8)6-13(9,11)12/h7-8,10H,2-6H2,1H3. The Bertz CT molecular complexity index is 245. The lowest BCUT2D eigenvalue weighted by atomic mass is 9.87. The number of nitrogens with one attached hydrogen (secondary N) is 1. The van der Waals surface area contributed by atoms with Crippen LogP contribution >= 0.6 is 0 Å². The van der Waals surface area contributed by atoms with Crippen LogP contribution in [0, 0.1) is 5.92 Å². The molecular weight excluding hydrogens is 193 g/mol. The van der Waals surface area contributed by atoms with Crippen LogP contribution in [0.5, 0.6) is 0 Å². The molecule has 0 bridgehead atoms. The molecule has 0 saturated heterocycles. The van der Waals surface area contributed by atoms with Crippen molar-refractivity contribution in [2.75, 3.05) is 12.8 Å². The van der Waals surface area contributed by atoms with Crippen molar-refractivity contribution < 1.29 is 12.3 Å². The molecule has 1 aliphatic carbocycles. The van der Waals surface area contributed by atoms with Crippen molar-refractivity contribution in [2.24, 2.45) is 5.92 Å². The largest absolute Gasteiger partial charge is 0.317 e. The second-order valence-corrected chi connectivity index (χ2v) is 5.12. The summed E-state index contributed by atoms with van der Waals surface area (Å²) in [4.78, 5) is 0. The molecule has 3 nitrogen and oxygen atoms in total. The predicted molar refractivity (Wildman–Crippen MR) is 49.7 cm³/mol. The van der Waals surface area contributed by atoms with Gasteiger partial charge in [0.25, 0.3) is 0 Å². The summed E-state index contributed by atoms with van der Waals surface area (Å²) >= 11 is 0. The highest BCUT2D eigenvalue weighted by atomic mass is 32.3. The minimum Gasteiger partial charge on any atom is -0.317 e. The van der Waals surface area contributed by atoms with Gasteiger partial charge in [-0.15, -0.1) is 3.89 Å². The van der Waals surface area contributed by atoms with E-state index in [0.717, 1.165) is 25.7 Å². The van der Waals surface area contributed by atoms with E-state index in [0.29, 0.717) is 6.04 Å². The van der Waals surface area contributed by atoms with Crippen molar-refractivity contribution in [2.45, 2.75) is 31.7 Å². The van der Waals surface area contributed by atoms with Crippen molar-refractivity contribution >= 4 is 10.2 Å². The molecule has 1 N–H and O–H groups in total. The molecule has 1 aliphatic rings. The van der Waals surface area contributed by atoms with Gasteiger partial charge in [0, 0.05) is 6.04 Å². The summed E-state index contributed by atoms with van der Waals surface area (Å²) in [6, 6.07) is 0.485. The summed E-state index contributed by atoms with van der Waals surface area (Å²) in [5, 5.41) is 3.14. The molecule has 0 spiro atoms. The van der Waals surface area contributed by atoms with Gasteiger partial charge in [0.2, 0.25) is 0 Å². The van der Waals surface area contributed by atoms with Crippen molar-refractivity contribution in [3.05, 3.63) is 0 Å². The van der Waals surface area contributed by atoms with Crippen LogP contribution in [0.15, 0.2) is 0 Å². The predicted octanol–water partition coefficient (Wildman–Crippen LogP) is 1.06. The molecule has 0 aromatic rings. The normalized spacial score (nSPS) is 30.3.